The first-order valence-electron chi connectivity index (χ1n) is 10.4. The van der Waals surface area contributed by atoms with E-state index in [-0.39, 0.29) is 17.4 Å². The van der Waals surface area contributed by atoms with Crippen LogP contribution in [-0.4, -0.2) is 28.4 Å². The number of halogens is 1. The van der Waals surface area contributed by atoms with Gasteiger partial charge >= 0.3 is 5.97 Å². The number of carboxylic acids is 1. The third kappa shape index (κ3) is 3.34. The van der Waals surface area contributed by atoms with Gasteiger partial charge in [0, 0.05) is 6.04 Å². The molecule has 2 aromatic carbocycles. The van der Waals surface area contributed by atoms with Gasteiger partial charge in [0.2, 0.25) is 11.8 Å². The topological polar surface area (TPSA) is 86.7 Å². The summed E-state index contributed by atoms with van der Waals surface area (Å²) in [5, 5.41) is 13.8. The fourth-order valence-electron chi connectivity index (χ4n) is 5.05. The van der Waals surface area contributed by atoms with E-state index in [2.05, 4.69) is 5.32 Å². The van der Waals surface area contributed by atoms with E-state index in [0.29, 0.717) is 5.69 Å². The minimum absolute atomic E-state index is 0.00159. The van der Waals surface area contributed by atoms with E-state index in [0.717, 1.165) is 16.0 Å². The minimum atomic E-state index is -1.54. The number of anilines is 1. The molecule has 31 heavy (non-hydrogen) atoms. The van der Waals surface area contributed by atoms with E-state index in [1.807, 2.05) is 45.0 Å². The van der Waals surface area contributed by atoms with Gasteiger partial charge in [0.1, 0.15) is 5.54 Å². The number of benzene rings is 2. The summed E-state index contributed by atoms with van der Waals surface area (Å²) in [4.78, 5) is 40.9. The highest BCUT2D eigenvalue weighted by molar-refractivity contribution is 6.36. The lowest BCUT2D eigenvalue weighted by molar-refractivity contribution is -0.149. The standard InChI is InChI=1S/C24H25ClN2O4/c1-13(2)12-24(23(30)31)19-18(20(26-24)15-10-8-14(3)9-11-15)21(28)27(22(19)29)17-7-5-4-6-16(17)25/h4-11,13,18-20,26H,12H2,1-3H3,(H,30,31)/t18-,19-,20+,24+/m1/s1. The molecule has 162 valence electrons. The number of aliphatic carboxylic acids is 1. The van der Waals surface area contributed by atoms with E-state index >= 15 is 0 Å². The summed E-state index contributed by atoms with van der Waals surface area (Å²) < 4.78 is 0. The fraction of sp³-hybridized carbons (Fsp3) is 0.375. The van der Waals surface area contributed by atoms with Crippen LogP contribution in [0.15, 0.2) is 48.5 Å². The number of nitrogens with one attached hydrogen (secondary N) is 1. The van der Waals surface area contributed by atoms with Crippen LogP contribution in [0.4, 0.5) is 5.69 Å². The molecule has 2 heterocycles. The second kappa shape index (κ2) is 7.77. The lowest BCUT2D eigenvalue weighted by atomic mass is 9.75. The normalized spacial score (nSPS) is 27.8. The highest BCUT2D eigenvalue weighted by Gasteiger charge is 2.68. The molecular weight excluding hydrogens is 416 g/mol. The zero-order valence-electron chi connectivity index (χ0n) is 17.6. The van der Waals surface area contributed by atoms with Crippen LogP contribution < -0.4 is 10.2 Å². The van der Waals surface area contributed by atoms with E-state index in [9.17, 15) is 19.5 Å². The number of amides is 2. The maximum atomic E-state index is 13.6. The SMILES string of the molecule is Cc1ccc([C@@H]2N[C@](CC(C)C)(C(=O)O)[C@H]3C(=O)N(c4ccccc4Cl)C(=O)[C@@H]23)cc1. The van der Waals surface area contributed by atoms with Crippen molar-refractivity contribution in [1.82, 2.24) is 5.32 Å². The molecule has 0 aliphatic carbocycles. The van der Waals surface area contributed by atoms with Crippen LogP contribution in [-0.2, 0) is 14.4 Å². The molecule has 7 heteroatoms. The third-order valence-electron chi connectivity index (χ3n) is 6.30. The van der Waals surface area contributed by atoms with Crippen LogP contribution >= 0.6 is 11.6 Å². The molecule has 0 bridgehead atoms. The van der Waals surface area contributed by atoms with Gasteiger partial charge < -0.3 is 5.11 Å². The Morgan fingerprint density at radius 3 is 2.35 bits per heavy atom. The number of nitrogens with zero attached hydrogens (tertiary/aromatic N) is 1. The van der Waals surface area contributed by atoms with Gasteiger partial charge in [-0.2, -0.15) is 0 Å². The van der Waals surface area contributed by atoms with Crippen LogP contribution in [0.25, 0.3) is 0 Å². The van der Waals surface area contributed by atoms with Gasteiger partial charge in [0.25, 0.3) is 0 Å². The summed E-state index contributed by atoms with van der Waals surface area (Å²) in [5.74, 6) is -3.92. The van der Waals surface area contributed by atoms with Crippen molar-refractivity contribution in [2.45, 2.75) is 38.8 Å². The largest absolute Gasteiger partial charge is 0.480 e. The number of aryl methyl sites for hydroxylation is 1. The maximum absolute atomic E-state index is 13.6. The molecular formula is C24H25ClN2O4. The Labute approximate surface area is 186 Å². The van der Waals surface area contributed by atoms with Crippen LogP contribution in [0.3, 0.4) is 0 Å². The molecule has 2 amide bonds. The fourth-order valence-corrected chi connectivity index (χ4v) is 5.27. The van der Waals surface area contributed by atoms with E-state index in [1.165, 1.54) is 0 Å². The number of hydrogen-bond acceptors (Lipinski definition) is 4. The Balaban J connectivity index is 1.88. The second-order valence-electron chi connectivity index (χ2n) is 8.87. The third-order valence-corrected chi connectivity index (χ3v) is 6.62. The quantitative estimate of drug-likeness (QED) is 0.687. The Hall–Kier alpha value is -2.70. The molecule has 0 spiro atoms. The first kappa shape index (κ1) is 21.5. The van der Waals surface area contributed by atoms with Crippen molar-refractivity contribution in [3.63, 3.8) is 0 Å². The summed E-state index contributed by atoms with van der Waals surface area (Å²) in [5.41, 5.74) is 0.586. The molecule has 2 saturated heterocycles. The summed E-state index contributed by atoms with van der Waals surface area (Å²) in [6, 6.07) is 13.6. The molecule has 2 fully saturated rings. The number of rotatable bonds is 5. The number of hydrogen-bond donors (Lipinski definition) is 2. The van der Waals surface area contributed by atoms with Gasteiger partial charge in [-0.3, -0.25) is 19.7 Å². The van der Waals surface area contributed by atoms with Crippen molar-refractivity contribution in [2.75, 3.05) is 4.90 Å². The van der Waals surface area contributed by atoms with Crippen molar-refractivity contribution in [3.8, 4) is 0 Å². The lowest BCUT2D eigenvalue weighted by Gasteiger charge is -2.32. The zero-order chi connectivity index (χ0) is 22.5. The number of para-hydroxylation sites is 1. The molecule has 0 radical (unpaired) electrons. The highest BCUT2D eigenvalue weighted by Crippen LogP contribution is 2.52. The Bertz CT molecular complexity index is 1050. The van der Waals surface area contributed by atoms with Gasteiger partial charge in [-0.15, -0.1) is 0 Å². The van der Waals surface area contributed by atoms with Crippen LogP contribution in [0.2, 0.25) is 5.02 Å². The molecule has 0 saturated carbocycles. The maximum Gasteiger partial charge on any atom is 0.324 e. The Morgan fingerprint density at radius 2 is 1.77 bits per heavy atom. The molecule has 0 aromatic heterocycles. The van der Waals surface area contributed by atoms with Gasteiger partial charge in [-0.1, -0.05) is 67.4 Å². The monoisotopic (exact) mass is 440 g/mol. The number of carbonyl (C=O) groups is 3. The Kier molecular flexibility index (Phi) is 5.40. The Morgan fingerprint density at radius 1 is 1.13 bits per heavy atom. The van der Waals surface area contributed by atoms with Crippen molar-refractivity contribution < 1.29 is 19.5 Å². The molecule has 2 aliphatic rings. The number of carbonyl (C=O) groups excluding carboxylic acids is 2. The van der Waals surface area contributed by atoms with Gasteiger partial charge in [-0.05, 0) is 37.0 Å². The highest BCUT2D eigenvalue weighted by atomic mass is 35.5. The first-order chi connectivity index (χ1) is 14.7. The predicted octanol–water partition coefficient (Wildman–Crippen LogP) is 3.97. The average molecular weight is 441 g/mol. The summed E-state index contributed by atoms with van der Waals surface area (Å²) >= 11 is 6.30. The molecule has 4 rings (SSSR count). The van der Waals surface area contributed by atoms with Crippen molar-refractivity contribution in [1.29, 1.82) is 0 Å². The summed E-state index contributed by atoms with van der Waals surface area (Å²) in [6.07, 6.45) is 0.223. The molecule has 0 unspecified atom stereocenters. The van der Waals surface area contributed by atoms with Gasteiger partial charge in [-0.25, -0.2) is 4.90 Å². The molecule has 6 nitrogen and oxygen atoms in total. The lowest BCUT2D eigenvalue weighted by Crippen LogP contribution is -2.56. The number of carboxylic acid groups (broad SMARTS) is 1. The number of imide groups is 1. The smallest absolute Gasteiger partial charge is 0.324 e. The van der Waals surface area contributed by atoms with Crippen LogP contribution in [0.5, 0.6) is 0 Å². The first-order valence-corrected chi connectivity index (χ1v) is 10.7. The van der Waals surface area contributed by atoms with Crippen LogP contribution in [0.1, 0.15) is 37.4 Å². The molecule has 2 N–H and O–H groups in total. The van der Waals surface area contributed by atoms with E-state index < -0.39 is 41.2 Å². The zero-order valence-corrected chi connectivity index (χ0v) is 18.4. The average Bonchev–Trinajstić information content (AvgIpc) is 3.18. The molecule has 2 aromatic rings. The van der Waals surface area contributed by atoms with Gasteiger partial charge in [0.15, 0.2) is 0 Å². The summed E-state index contributed by atoms with van der Waals surface area (Å²) in [6.45, 7) is 5.78. The molecule has 2 aliphatic heterocycles. The van der Waals surface area contributed by atoms with E-state index in [1.54, 1.807) is 24.3 Å². The van der Waals surface area contributed by atoms with Crippen molar-refractivity contribution in [2.24, 2.45) is 17.8 Å². The van der Waals surface area contributed by atoms with Crippen molar-refractivity contribution >= 4 is 35.1 Å². The number of fused-ring (bicyclic) bond motifs is 1. The molecule has 4 atom stereocenters. The van der Waals surface area contributed by atoms with E-state index in [4.69, 9.17) is 11.6 Å². The predicted molar refractivity (Wildman–Crippen MR) is 118 cm³/mol. The minimum Gasteiger partial charge on any atom is -0.480 e. The van der Waals surface area contributed by atoms with Gasteiger partial charge in [0.05, 0.1) is 22.5 Å². The van der Waals surface area contributed by atoms with Crippen molar-refractivity contribution in [3.05, 3.63) is 64.7 Å². The summed E-state index contributed by atoms with van der Waals surface area (Å²) in [7, 11) is 0. The van der Waals surface area contributed by atoms with Crippen LogP contribution in [0, 0.1) is 24.7 Å². The second-order valence-corrected chi connectivity index (χ2v) is 9.28.